The average Bonchev–Trinajstić information content (AvgIpc) is 3.00. The zero-order chi connectivity index (χ0) is 15.1. The van der Waals surface area contributed by atoms with Crippen LogP contribution in [0.15, 0.2) is 30.6 Å². The molecule has 21 heavy (non-hydrogen) atoms. The van der Waals surface area contributed by atoms with Crippen molar-refractivity contribution in [3.8, 4) is 5.75 Å². The molecule has 0 aliphatic carbocycles. The Morgan fingerprint density at radius 3 is 2.71 bits per heavy atom. The second-order valence-corrected chi connectivity index (χ2v) is 4.82. The minimum absolute atomic E-state index is 0.0634. The molecule has 0 bridgehead atoms. The highest BCUT2D eigenvalue weighted by molar-refractivity contribution is 5.94. The van der Waals surface area contributed by atoms with Crippen LogP contribution in [0.5, 0.6) is 5.75 Å². The highest BCUT2D eigenvalue weighted by atomic mass is 16.5. The van der Waals surface area contributed by atoms with E-state index in [9.17, 15) is 4.79 Å². The van der Waals surface area contributed by atoms with Crippen molar-refractivity contribution in [3.05, 3.63) is 42.0 Å². The number of unbranched alkanes of at least 4 members (excludes halogenated alkanes) is 1. The Bertz CT molecular complexity index is 552. The Labute approximate surface area is 124 Å². The summed E-state index contributed by atoms with van der Waals surface area (Å²) < 4.78 is 5.58. The second-order valence-electron chi connectivity index (χ2n) is 4.82. The van der Waals surface area contributed by atoms with E-state index in [0.717, 1.165) is 18.6 Å². The summed E-state index contributed by atoms with van der Waals surface area (Å²) in [5, 5.41) is 6.50. The number of carbonyl (C=O) groups excluding carboxylic acids is 1. The summed E-state index contributed by atoms with van der Waals surface area (Å²) in [5.74, 6) is 1.38. The Morgan fingerprint density at radius 2 is 2.10 bits per heavy atom. The molecule has 1 aromatic heterocycles. The minimum Gasteiger partial charge on any atom is -0.494 e. The fourth-order valence-electron chi connectivity index (χ4n) is 1.85. The predicted molar refractivity (Wildman–Crippen MR) is 79.0 cm³/mol. The number of hydrogen-bond acceptors (Lipinski definition) is 4. The largest absolute Gasteiger partial charge is 0.494 e. The molecule has 0 atom stereocenters. The Balaban J connectivity index is 1.92. The molecule has 1 heterocycles. The van der Waals surface area contributed by atoms with Gasteiger partial charge in [-0.05, 0) is 30.7 Å². The number of aromatic amines is 1. The summed E-state index contributed by atoms with van der Waals surface area (Å²) in [5.41, 5.74) is 0.625. The first-order chi connectivity index (χ1) is 10.2. The van der Waals surface area contributed by atoms with Gasteiger partial charge < -0.3 is 9.64 Å². The summed E-state index contributed by atoms with van der Waals surface area (Å²) >= 11 is 0. The summed E-state index contributed by atoms with van der Waals surface area (Å²) in [4.78, 5) is 17.9. The van der Waals surface area contributed by atoms with Crippen molar-refractivity contribution in [2.75, 3.05) is 13.7 Å². The molecule has 6 heteroatoms. The van der Waals surface area contributed by atoms with Gasteiger partial charge in [-0.1, -0.05) is 13.3 Å². The third-order valence-electron chi connectivity index (χ3n) is 3.07. The van der Waals surface area contributed by atoms with Crippen LogP contribution in [0.4, 0.5) is 0 Å². The lowest BCUT2D eigenvalue weighted by Gasteiger charge is -2.15. The molecular formula is C15H20N4O2. The molecule has 0 fully saturated rings. The van der Waals surface area contributed by atoms with E-state index in [2.05, 4.69) is 22.1 Å². The lowest BCUT2D eigenvalue weighted by Crippen LogP contribution is -2.26. The molecule has 6 nitrogen and oxygen atoms in total. The third-order valence-corrected chi connectivity index (χ3v) is 3.07. The minimum atomic E-state index is -0.0634. The van der Waals surface area contributed by atoms with Crippen molar-refractivity contribution >= 4 is 5.91 Å². The molecule has 0 spiro atoms. The van der Waals surface area contributed by atoms with Crippen LogP contribution in [0.3, 0.4) is 0 Å². The molecule has 0 aliphatic rings. The molecule has 0 unspecified atom stereocenters. The van der Waals surface area contributed by atoms with E-state index in [1.165, 1.54) is 6.33 Å². The smallest absolute Gasteiger partial charge is 0.254 e. The van der Waals surface area contributed by atoms with Crippen molar-refractivity contribution in [3.63, 3.8) is 0 Å². The highest BCUT2D eigenvalue weighted by Crippen LogP contribution is 2.14. The van der Waals surface area contributed by atoms with Gasteiger partial charge in [-0.25, -0.2) is 4.98 Å². The van der Waals surface area contributed by atoms with Crippen molar-refractivity contribution in [1.29, 1.82) is 0 Å². The molecule has 0 aliphatic heterocycles. The normalized spacial score (nSPS) is 10.4. The molecule has 1 amide bonds. The first-order valence-electron chi connectivity index (χ1n) is 7.03. The molecule has 2 rings (SSSR count). The average molecular weight is 288 g/mol. The van der Waals surface area contributed by atoms with Gasteiger partial charge in [0.05, 0.1) is 13.2 Å². The molecule has 1 N–H and O–H groups in total. The second kappa shape index (κ2) is 7.42. The van der Waals surface area contributed by atoms with Gasteiger partial charge in [0.2, 0.25) is 0 Å². The van der Waals surface area contributed by atoms with Gasteiger partial charge in [-0.15, -0.1) is 0 Å². The number of rotatable bonds is 7. The van der Waals surface area contributed by atoms with Crippen LogP contribution in [0.25, 0.3) is 0 Å². The molecule has 1 aromatic carbocycles. The van der Waals surface area contributed by atoms with Gasteiger partial charge in [0.1, 0.15) is 17.9 Å². The van der Waals surface area contributed by atoms with Gasteiger partial charge in [0, 0.05) is 12.6 Å². The summed E-state index contributed by atoms with van der Waals surface area (Å²) in [6.45, 7) is 3.22. The molecular weight excluding hydrogens is 268 g/mol. The van der Waals surface area contributed by atoms with E-state index >= 15 is 0 Å². The lowest BCUT2D eigenvalue weighted by atomic mass is 10.2. The fourth-order valence-corrected chi connectivity index (χ4v) is 1.85. The molecule has 0 saturated heterocycles. The van der Waals surface area contributed by atoms with Crippen LogP contribution in [0, 0.1) is 0 Å². The third kappa shape index (κ3) is 4.30. The van der Waals surface area contributed by atoms with E-state index < -0.39 is 0 Å². The SMILES string of the molecule is CCCCOc1ccc(C(=O)N(C)Cc2ncn[nH]2)cc1. The van der Waals surface area contributed by atoms with Crippen molar-refractivity contribution in [2.45, 2.75) is 26.3 Å². The van der Waals surface area contributed by atoms with E-state index in [1.807, 2.05) is 12.1 Å². The van der Waals surface area contributed by atoms with Crippen LogP contribution in [0.2, 0.25) is 0 Å². The monoisotopic (exact) mass is 288 g/mol. The van der Waals surface area contributed by atoms with Crippen LogP contribution < -0.4 is 4.74 Å². The number of ether oxygens (including phenoxy) is 1. The fraction of sp³-hybridized carbons (Fsp3) is 0.400. The summed E-state index contributed by atoms with van der Waals surface area (Å²) in [6.07, 6.45) is 3.56. The quantitative estimate of drug-likeness (QED) is 0.793. The topological polar surface area (TPSA) is 71.1 Å². The number of hydrogen-bond donors (Lipinski definition) is 1. The van der Waals surface area contributed by atoms with Gasteiger partial charge >= 0.3 is 0 Å². The van der Waals surface area contributed by atoms with E-state index in [4.69, 9.17) is 4.74 Å². The Morgan fingerprint density at radius 1 is 1.33 bits per heavy atom. The van der Waals surface area contributed by atoms with Crippen molar-refractivity contribution < 1.29 is 9.53 Å². The molecule has 2 aromatic rings. The number of nitrogens with one attached hydrogen (secondary N) is 1. The van der Waals surface area contributed by atoms with Gasteiger partial charge in [-0.3, -0.25) is 9.89 Å². The molecule has 112 valence electrons. The Kier molecular flexibility index (Phi) is 5.31. The first-order valence-corrected chi connectivity index (χ1v) is 7.03. The number of amides is 1. The van der Waals surface area contributed by atoms with E-state index in [0.29, 0.717) is 24.5 Å². The zero-order valence-corrected chi connectivity index (χ0v) is 12.4. The molecule has 0 saturated carbocycles. The standard InChI is InChI=1S/C15H20N4O2/c1-3-4-9-21-13-7-5-12(6-8-13)15(20)19(2)10-14-16-11-17-18-14/h5-8,11H,3-4,9-10H2,1-2H3,(H,16,17,18). The lowest BCUT2D eigenvalue weighted by molar-refractivity contribution is 0.0781. The first kappa shape index (κ1) is 15.0. The van der Waals surface area contributed by atoms with Gasteiger partial charge in [-0.2, -0.15) is 5.10 Å². The predicted octanol–water partition coefficient (Wildman–Crippen LogP) is 2.26. The van der Waals surface area contributed by atoms with Gasteiger partial charge in [0.25, 0.3) is 5.91 Å². The number of H-pyrrole nitrogens is 1. The van der Waals surface area contributed by atoms with Crippen LogP contribution >= 0.6 is 0 Å². The number of benzene rings is 1. The maximum atomic E-state index is 12.3. The van der Waals surface area contributed by atoms with E-state index in [1.54, 1.807) is 24.1 Å². The summed E-state index contributed by atoms with van der Waals surface area (Å²) in [7, 11) is 1.73. The molecule has 0 radical (unpaired) electrons. The summed E-state index contributed by atoms with van der Waals surface area (Å²) in [6, 6.07) is 7.21. The highest BCUT2D eigenvalue weighted by Gasteiger charge is 2.13. The zero-order valence-electron chi connectivity index (χ0n) is 12.4. The van der Waals surface area contributed by atoms with Crippen molar-refractivity contribution in [1.82, 2.24) is 20.1 Å². The maximum absolute atomic E-state index is 12.3. The number of nitrogens with zero attached hydrogens (tertiary/aromatic N) is 3. The maximum Gasteiger partial charge on any atom is 0.254 e. The number of aromatic nitrogens is 3. The Hall–Kier alpha value is -2.37. The van der Waals surface area contributed by atoms with Crippen LogP contribution in [-0.2, 0) is 6.54 Å². The van der Waals surface area contributed by atoms with Crippen LogP contribution in [0.1, 0.15) is 35.9 Å². The number of carbonyl (C=O) groups is 1. The van der Waals surface area contributed by atoms with Gasteiger partial charge in [0.15, 0.2) is 0 Å². The van der Waals surface area contributed by atoms with E-state index in [-0.39, 0.29) is 5.91 Å². The van der Waals surface area contributed by atoms with Crippen molar-refractivity contribution in [2.24, 2.45) is 0 Å². The van der Waals surface area contributed by atoms with Crippen LogP contribution in [-0.4, -0.2) is 39.6 Å².